The zero-order chi connectivity index (χ0) is 38.1. The number of aromatic amines is 2. The number of H-pyrrole nitrogens is 2. The number of alkyl carbamates (subject to hydrolysis) is 1. The molecule has 3 N–H and O–H groups in total. The van der Waals surface area contributed by atoms with E-state index in [1.807, 2.05) is 29.7 Å². The molecule has 0 saturated carbocycles. The number of nitrogens with zero attached hydrogens (tertiary/aromatic N) is 4. The van der Waals surface area contributed by atoms with Crippen molar-refractivity contribution >= 4 is 40.0 Å². The molecule has 0 bridgehead atoms. The van der Waals surface area contributed by atoms with Gasteiger partial charge in [0.25, 0.3) is 0 Å². The van der Waals surface area contributed by atoms with Crippen LogP contribution in [0.2, 0.25) is 0 Å². The van der Waals surface area contributed by atoms with Gasteiger partial charge in [0.15, 0.2) is 0 Å². The molecule has 5 aromatic rings. The van der Waals surface area contributed by atoms with Crippen LogP contribution in [0.3, 0.4) is 0 Å². The molecule has 2 aliphatic rings. The Hall–Kier alpha value is -5.19. The molecule has 2 aliphatic heterocycles. The molecule has 0 radical (unpaired) electrons. The number of ether oxygens (including phenoxy) is 1. The van der Waals surface area contributed by atoms with Crippen LogP contribution in [0.15, 0.2) is 60.7 Å². The molecule has 2 fully saturated rings. The maximum Gasteiger partial charge on any atom is 0.407 e. The number of nitrogens with one attached hydrogen (secondary N) is 3. The first-order chi connectivity index (χ1) is 26.1. The third kappa shape index (κ3) is 7.20. The number of amides is 3. The van der Waals surface area contributed by atoms with E-state index in [2.05, 4.69) is 90.7 Å². The molecular formula is C43H53N7O4. The topological polar surface area (TPSA) is 136 Å². The van der Waals surface area contributed by atoms with Crippen LogP contribution < -0.4 is 5.32 Å². The molecule has 0 spiro atoms. The summed E-state index contributed by atoms with van der Waals surface area (Å²) in [6.45, 7) is 11.7. The van der Waals surface area contributed by atoms with Gasteiger partial charge >= 0.3 is 6.09 Å². The molecule has 11 nitrogen and oxygen atoms in total. The van der Waals surface area contributed by atoms with E-state index in [1.165, 1.54) is 7.11 Å². The minimum Gasteiger partial charge on any atom is -0.453 e. The molecule has 4 heterocycles. The zero-order valence-corrected chi connectivity index (χ0v) is 32.3. The van der Waals surface area contributed by atoms with Gasteiger partial charge in [-0.05, 0) is 84.0 Å². The maximum absolute atomic E-state index is 13.8. The fourth-order valence-electron chi connectivity index (χ4n) is 8.12. The van der Waals surface area contributed by atoms with Crippen LogP contribution in [0, 0.1) is 17.8 Å². The van der Waals surface area contributed by atoms with Gasteiger partial charge < -0.3 is 29.8 Å². The van der Waals surface area contributed by atoms with E-state index in [1.54, 1.807) is 0 Å². The van der Waals surface area contributed by atoms with Crippen molar-refractivity contribution in [2.45, 2.75) is 91.3 Å². The van der Waals surface area contributed by atoms with Gasteiger partial charge in [-0.25, -0.2) is 14.8 Å². The molecule has 3 aromatic carbocycles. The Labute approximate surface area is 317 Å². The van der Waals surface area contributed by atoms with E-state index in [0.29, 0.717) is 12.5 Å². The number of fused-ring (bicyclic) bond motifs is 2. The van der Waals surface area contributed by atoms with Gasteiger partial charge in [-0.1, -0.05) is 83.9 Å². The molecule has 3 amide bonds. The van der Waals surface area contributed by atoms with Gasteiger partial charge in [-0.3, -0.25) is 9.59 Å². The third-order valence-corrected chi connectivity index (χ3v) is 12.1. The van der Waals surface area contributed by atoms with E-state index in [4.69, 9.17) is 14.7 Å². The second-order valence-electron chi connectivity index (χ2n) is 15.3. The summed E-state index contributed by atoms with van der Waals surface area (Å²) in [4.78, 5) is 60.1. The number of likely N-dealkylation sites (tertiary alicyclic amines) is 2. The SMILES string of the molecule is CC[C@H](C)[C@H](C)C(=O)N1CCC[C@H]1c1nc2ccc(-c3ccc(-c4ccc5nc([C@@H]6CCCN6C(=O)[C@@H](NC(=O)OC)[C@@H](C)CC)[nH]c5c4)cc3)cc2[nH]1. The standard InChI is InChI=1S/C43H53N7O4/c1-7-25(3)27(5)41(51)49-21-9-11-36(49)39-44-32-19-17-30(23-34(32)46-39)28-13-15-29(16-14-28)31-18-20-33-35(24-31)47-40(45-33)37-12-10-22-50(37)42(52)38(26(4)8-2)48-43(53)54-6/h13-20,23-27,36-38H,7-12,21-22H2,1-6H3,(H,44,46)(H,45,47)(H,48,53)/t25-,26-,27-,36-,37-,38-/m0/s1. The van der Waals surface area contributed by atoms with Crippen molar-refractivity contribution in [2.24, 2.45) is 17.8 Å². The van der Waals surface area contributed by atoms with Gasteiger partial charge in [0.2, 0.25) is 11.8 Å². The summed E-state index contributed by atoms with van der Waals surface area (Å²) >= 11 is 0. The number of methoxy groups -OCH3 is 1. The number of aromatic nitrogens is 4. The predicted molar refractivity (Wildman–Crippen MR) is 211 cm³/mol. The Morgan fingerprint density at radius 1 is 0.722 bits per heavy atom. The summed E-state index contributed by atoms with van der Waals surface area (Å²) in [5.41, 5.74) is 7.98. The number of hydrogen-bond acceptors (Lipinski definition) is 6. The van der Waals surface area contributed by atoms with Crippen molar-refractivity contribution in [3.05, 3.63) is 72.3 Å². The molecule has 7 rings (SSSR count). The Bertz CT molecular complexity index is 2140. The van der Waals surface area contributed by atoms with E-state index >= 15 is 0 Å². The largest absolute Gasteiger partial charge is 0.453 e. The summed E-state index contributed by atoms with van der Waals surface area (Å²) in [5.74, 6) is 2.06. The summed E-state index contributed by atoms with van der Waals surface area (Å²) in [5, 5.41) is 2.76. The zero-order valence-electron chi connectivity index (χ0n) is 32.3. The normalized spacial score (nSPS) is 19.6. The Kier molecular flexibility index (Phi) is 10.8. The first kappa shape index (κ1) is 37.1. The fourth-order valence-corrected chi connectivity index (χ4v) is 8.12. The van der Waals surface area contributed by atoms with Gasteiger partial charge in [0, 0.05) is 19.0 Å². The highest BCUT2D eigenvalue weighted by molar-refractivity contribution is 5.87. The lowest BCUT2D eigenvalue weighted by atomic mass is 9.92. The average Bonchev–Trinajstić information content (AvgIpc) is 4.03. The summed E-state index contributed by atoms with van der Waals surface area (Å²) in [6, 6.07) is 20.2. The lowest BCUT2D eigenvalue weighted by molar-refractivity contribution is -0.137. The van der Waals surface area contributed by atoms with Crippen LogP contribution in [0.25, 0.3) is 44.3 Å². The maximum atomic E-state index is 13.8. The highest BCUT2D eigenvalue weighted by atomic mass is 16.5. The average molecular weight is 732 g/mol. The van der Waals surface area contributed by atoms with Crippen LogP contribution >= 0.6 is 0 Å². The number of imidazole rings is 2. The number of carbonyl (C=O) groups is 3. The Balaban J connectivity index is 1.07. The minimum atomic E-state index is -0.663. The van der Waals surface area contributed by atoms with Gasteiger partial charge in [-0.15, -0.1) is 0 Å². The number of hydrogen-bond donors (Lipinski definition) is 3. The number of carbonyl (C=O) groups excluding carboxylic acids is 3. The number of rotatable bonds is 11. The summed E-state index contributed by atoms with van der Waals surface area (Å²) < 4.78 is 4.82. The molecular weight excluding hydrogens is 679 g/mol. The monoisotopic (exact) mass is 731 g/mol. The van der Waals surface area contributed by atoms with Crippen LogP contribution in [0.1, 0.15) is 96.9 Å². The molecule has 11 heteroatoms. The molecule has 6 atom stereocenters. The fraction of sp³-hybridized carbons (Fsp3) is 0.465. The van der Waals surface area contributed by atoms with Crippen molar-refractivity contribution < 1.29 is 19.1 Å². The molecule has 2 saturated heterocycles. The Morgan fingerprint density at radius 3 is 1.65 bits per heavy atom. The third-order valence-electron chi connectivity index (χ3n) is 12.1. The summed E-state index contributed by atoms with van der Waals surface area (Å²) in [6.07, 6.45) is 4.71. The van der Waals surface area contributed by atoms with E-state index < -0.39 is 12.1 Å². The highest BCUT2D eigenvalue weighted by Crippen LogP contribution is 2.36. The van der Waals surface area contributed by atoms with Crippen LogP contribution in [-0.4, -0.2) is 73.9 Å². The van der Waals surface area contributed by atoms with Crippen LogP contribution in [0.5, 0.6) is 0 Å². The first-order valence-electron chi connectivity index (χ1n) is 19.7. The molecule has 0 unspecified atom stereocenters. The second-order valence-corrected chi connectivity index (χ2v) is 15.3. The number of benzene rings is 3. The molecule has 0 aliphatic carbocycles. The predicted octanol–water partition coefficient (Wildman–Crippen LogP) is 8.55. The smallest absolute Gasteiger partial charge is 0.407 e. The summed E-state index contributed by atoms with van der Waals surface area (Å²) in [7, 11) is 1.31. The Morgan fingerprint density at radius 2 is 1.19 bits per heavy atom. The lowest BCUT2D eigenvalue weighted by Gasteiger charge is -2.30. The van der Waals surface area contributed by atoms with Gasteiger partial charge in [0.1, 0.15) is 17.7 Å². The van der Waals surface area contributed by atoms with Crippen LogP contribution in [0.4, 0.5) is 4.79 Å². The minimum absolute atomic E-state index is 0.000198. The quantitative estimate of drug-likeness (QED) is 0.125. The van der Waals surface area contributed by atoms with E-state index in [9.17, 15) is 14.4 Å². The molecule has 54 heavy (non-hydrogen) atoms. The van der Waals surface area contributed by atoms with Crippen molar-refractivity contribution in [3.8, 4) is 22.3 Å². The second kappa shape index (κ2) is 15.7. The lowest BCUT2D eigenvalue weighted by Crippen LogP contribution is -2.51. The van der Waals surface area contributed by atoms with Crippen molar-refractivity contribution in [1.82, 2.24) is 35.1 Å². The first-order valence-corrected chi connectivity index (χ1v) is 19.7. The van der Waals surface area contributed by atoms with Crippen molar-refractivity contribution in [1.29, 1.82) is 0 Å². The highest BCUT2D eigenvalue weighted by Gasteiger charge is 2.38. The van der Waals surface area contributed by atoms with E-state index in [0.717, 1.165) is 101 Å². The molecule has 2 aromatic heterocycles. The van der Waals surface area contributed by atoms with Crippen molar-refractivity contribution in [3.63, 3.8) is 0 Å². The van der Waals surface area contributed by atoms with E-state index in [-0.39, 0.29) is 35.7 Å². The molecule has 284 valence electrons. The van der Waals surface area contributed by atoms with Crippen molar-refractivity contribution in [2.75, 3.05) is 20.2 Å². The van der Waals surface area contributed by atoms with Gasteiger partial charge in [0.05, 0.1) is 41.3 Å². The van der Waals surface area contributed by atoms with Crippen LogP contribution in [-0.2, 0) is 14.3 Å². The van der Waals surface area contributed by atoms with Gasteiger partial charge in [-0.2, -0.15) is 0 Å².